The molecule has 0 spiro atoms. The van der Waals surface area contributed by atoms with Crippen LogP contribution in [0.15, 0.2) is 12.3 Å². The Hall–Kier alpha value is -1.50. The highest BCUT2D eigenvalue weighted by Gasteiger charge is 2.19. The molecule has 0 aromatic heterocycles. The summed E-state index contributed by atoms with van der Waals surface area (Å²) in [5.74, 6) is -0.0443. The first-order valence-electron chi connectivity index (χ1n) is 6.32. The normalized spacial score (nSPS) is 11.8. The fourth-order valence-corrected chi connectivity index (χ4v) is 2.34. The monoisotopic (exact) mass is 301 g/mol. The van der Waals surface area contributed by atoms with Gasteiger partial charge in [0.25, 0.3) is 0 Å². The lowest BCUT2D eigenvalue weighted by Gasteiger charge is -2.18. The van der Waals surface area contributed by atoms with Crippen molar-refractivity contribution >= 4 is 29.4 Å². The van der Waals surface area contributed by atoms with Gasteiger partial charge in [0.15, 0.2) is 0 Å². The fourth-order valence-electron chi connectivity index (χ4n) is 1.22. The van der Waals surface area contributed by atoms with Crippen molar-refractivity contribution in [2.45, 2.75) is 26.8 Å². The number of thioether (sulfide) groups is 1. The molecule has 0 bridgehead atoms. The molecule has 0 saturated carbocycles. The van der Waals surface area contributed by atoms with E-state index < -0.39 is 11.9 Å². The number of hydrogen-bond donors (Lipinski definition) is 3. The summed E-state index contributed by atoms with van der Waals surface area (Å²) in [6.45, 7) is 8.89. The van der Waals surface area contributed by atoms with E-state index in [9.17, 15) is 14.4 Å². The van der Waals surface area contributed by atoms with Gasteiger partial charge in [0.05, 0.1) is 12.3 Å². The van der Waals surface area contributed by atoms with Crippen LogP contribution in [0.1, 0.15) is 20.8 Å². The third-order valence-electron chi connectivity index (χ3n) is 2.35. The van der Waals surface area contributed by atoms with Gasteiger partial charge in [-0.2, -0.15) is 11.8 Å². The van der Waals surface area contributed by atoms with Gasteiger partial charge < -0.3 is 16.4 Å². The van der Waals surface area contributed by atoms with Gasteiger partial charge in [-0.1, -0.05) is 20.4 Å². The maximum atomic E-state index is 11.9. The molecule has 20 heavy (non-hydrogen) atoms. The third kappa shape index (κ3) is 8.58. The van der Waals surface area contributed by atoms with Crippen LogP contribution in [0.2, 0.25) is 0 Å². The van der Waals surface area contributed by atoms with Crippen LogP contribution in [0.3, 0.4) is 0 Å². The number of Topliss-reactive ketones (excluding diaryl/α,β-unsaturated/α-hetero) is 1. The Morgan fingerprint density at radius 2 is 1.90 bits per heavy atom. The molecule has 0 heterocycles. The number of amides is 2. The highest BCUT2D eigenvalue weighted by molar-refractivity contribution is 8.00. The summed E-state index contributed by atoms with van der Waals surface area (Å²) >= 11 is 1.37. The van der Waals surface area contributed by atoms with Crippen LogP contribution in [0.4, 0.5) is 0 Å². The van der Waals surface area contributed by atoms with Crippen molar-refractivity contribution in [1.82, 2.24) is 10.6 Å². The van der Waals surface area contributed by atoms with Crippen molar-refractivity contribution in [3.8, 4) is 0 Å². The number of carbonyl (C=O) groups excluding carboxylic acids is 3. The number of rotatable bonds is 10. The molecule has 1 atom stereocenters. The van der Waals surface area contributed by atoms with Crippen LogP contribution in [-0.4, -0.2) is 41.7 Å². The predicted octanol–water partition coefficient (Wildman–Crippen LogP) is 0.0380. The summed E-state index contributed by atoms with van der Waals surface area (Å²) in [5, 5.41) is 5.35. The van der Waals surface area contributed by atoms with Crippen LogP contribution in [0.25, 0.3) is 0 Å². The number of nitrogens with one attached hydrogen (secondary N) is 2. The van der Waals surface area contributed by atoms with Crippen molar-refractivity contribution in [1.29, 1.82) is 0 Å². The molecule has 0 aromatic rings. The highest BCUT2D eigenvalue weighted by atomic mass is 32.2. The standard InChI is InChI=1S/C13H23N3O3S/c1-8(2)11(17)7-20-6-10(16-9(3)4)13(19)15-5-12(14)18/h8,10,16H,3,5-7H2,1-2,4H3,(H2,14,18)(H,15,19). The van der Waals surface area contributed by atoms with E-state index in [1.54, 1.807) is 6.92 Å². The minimum atomic E-state index is -0.602. The number of nitrogens with two attached hydrogens (primary N) is 1. The van der Waals surface area contributed by atoms with Gasteiger partial charge in [-0.3, -0.25) is 14.4 Å². The van der Waals surface area contributed by atoms with Gasteiger partial charge in [0.1, 0.15) is 11.8 Å². The maximum absolute atomic E-state index is 11.9. The van der Waals surface area contributed by atoms with Gasteiger partial charge in [-0.15, -0.1) is 0 Å². The number of allylic oxidation sites excluding steroid dienone is 1. The molecule has 0 fully saturated rings. The average molecular weight is 301 g/mol. The molecule has 114 valence electrons. The molecular weight excluding hydrogens is 278 g/mol. The minimum Gasteiger partial charge on any atom is -0.377 e. The molecule has 1 unspecified atom stereocenters. The Balaban J connectivity index is 4.34. The minimum absolute atomic E-state index is 0.0151. The molecule has 0 aromatic carbocycles. The molecule has 0 rings (SSSR count). The number of ketones is 1. The predicted molar refractivity (Wildman–Crippen MR) is 81.1 cm³/mol. The lowest BCUT2D eigenvalue weighted by molar-refractivity contribution is -0.125. The summed E-state index contributed by atoms with van der Waals surface area (Å²) in [4.78, 5) is 34.0. The van der Waals surface area contributed by atoms with Crippen LogP contribution in [0, 0.1) is 5.92 Å². The molecule has 4 N–H and O–H groups in total. The van der Waals surface area contributed by atoms with E-state index in [-0.39, 0.29) is 24.2 Å². The van der Waals surface area contributed by atoms with Gasteiger partial charge in [0.2, 0.25) is 11.8 Å². The van der Waals surface area contributed by atoms with E-state index in [2.05, 4.69) is 17.2 Å². The molecule has 0 aliphatic rings. The second-order valence-corrected chi connectivity index (χ2v) is 5.83. The van der Waals surface area contributed by atoms with Crippen LogP contribution < -0.4 is 16.4 Å². The van der Waals surface area contributed by atoms with Gasteiger partial charge >= 0.3 is 0 Å². The first kappa shape index (κ1) is 18.5. The Morgan fingerprint density at radius 3 is 2.35 bits per heavy atom. The summed E-state index contributed by atoms with van der Waals surface area (Å²) < 4.78 is 0. The maximum Gasteiger partial charge on any atom is 0.243 e. The molecular formula is C13H23N3O3S. The molecule has 0 aliphatic carbocycles. The smallest absolute Gasteiger partial charge is 0.243 e. The lowest BCUT2D eigenvalue weighted by Crippen LogP contribution is -2.47. The first-order chi connectivity index (χ1) is 9.23. The second-order valence-electron chi connectivity index (χ2n) is 4.80. The van der Waals surface area contributed by atoms with E-state index in [0.717, 1.165) is 0 Å². The quantitative estimate of drug-likeness (QED) is 0.529. The second kappa shape index (κ2) is 9.41. The Labute approximate surface area is 123 Å². The summed E-state index contributed by atoms with van der Waals surface area (Å²) in [7, 11) is 0. The SMILES string of the molecule is C=C(C)NC(CSCC(=O)C(C)C)C(=O)NCC(N)=O. The van der Waals surface area contributed by atoms with Crippen LogP contribution in [0.5, 0.6) is 0 Å². The van der Waals surface area contributed by atoms with E-state index in [0.29, 0.717) is 17.2 Å². The lowest BCUT2D eigenvalue weighted by atomic mass is 10.1. The van der Waals surface area contributed by atoms with E-state index in [1.807, 2.05) is 13.8 Å². The zero-order valence-corrected chi connectivity index (χ0v) is 13.0. The molecule has 7 heteroatoms. The Morgan fingerprint density at radius 1 is 1.30 bits per heavy atom. The van der Waals surface area contributed by atoms with Crippen LogP contribution in [-0.2, 0) is 14.4 Å². The molecule has 0 aliphatic heterocycles. The molecule has 2 amide bonds. The number of carbonyl (C=O) groups is 3. The largest absolute Gasteiger partial charge is 0.377 e. The van der Waals surface area contributed by atoms with Gasteiger partial charge in [-0.25, -0.2) is 0 Å². The van der Waals surface area contributed by atoms with Crippen LogP contribution >= 0.6 is 11.8 Å². The van der Waals surface area contributed by atoms with Gasteiger partial charge in [-0.05, 0) is 6.92 Å². The Bertz CT molecular complexity index is 383. The molecule has 6 nitrogen and oxygen atoms in total. The third-order valence-corrected chi connectivity index (χ3v) is 3.40. The zero-order chi connectivity index (χ0) is 15.7. The van der Waals surface area contributed by atoms with E-state index >= 15 is 0 Å². The van der Waals surface area contributed by atoms with Crippen molar-refractivity contribution in [3.63, 3.8) is 0 Å². The number of hydrogen-bond acceptors (Lipinski definition) is 5. The van der Waals surface area contributed by atoms with Crippen molar-refractivity contribution in [3.05, 3.63) is 12.3 Å². The van der Waals surface area contributed by atoms with E-state index in [4.69, 9.17) is 5.73 Å². The van der Waals surface area contributed by atoms with E-state index in [1.165, 1.54) is 11.8 Å². The zero-order valence-electron chi connectivity index (χ0n) is 12.2. The summed E-state index contributed by atoms with van der Waals surface area (Å²) in [6, 6.07) is -0.545. The molecule has 0 saturated heterocycles. The first-order valence-corrected chi connectivity index (χ1v) is 7.48. The highest BCUT2D eigenvalue weighted by Crippen LogP contribution is 2.08. The fraction of sp³-hybridized carbons (Fsp3) is 0.615. The summed E-state index contributed by atoms with van der Waals surface area (Å²) in [5.41, 5.74) is 5.61. The number of primary amides is 1. The van der Waals surface area contributed by atoms with Crippen molar-refractivity contribution in [2.75, 3.05) is 18.1 Å². The van der Waals surface area contributed by atoms with Gasteiger partial charge in [0, 0.05) is 17.4 Å². The van der Waals surface area contributed by atoms with Crippen molar-refractivity contribution < 1.29 is 14.4 Å². The summed E-state index contributed by atoms with van der Waals surface area (Å²) in [6.07, 6.45) is 0. The topological polar surface area (TPSA) is 101 Å². The molecule has 0 radical (unpaired) electrons. The van der Waals surface area contributed by atoms with Crippen molar-refractivity contribution in [2.24, 2.45) is 11.7 Å². The average Bonchev–Trinajstić information content (AvgIpc) is 2.33. The Kier molecular flexibility index (Phi) is 8.71.